The summed E-state index contributed by atoms with van der Waals surface area (Å²) in [5, 5.41) is 23.7. The van der Waals surface area contributed by atoms with Crippen molar-refractivity contribution >= 4 is 0 Å². The lowest BCUT2D eigenvalue weighted by Crippen LogP contribution is -2.79. The highest BCUT2D eigenvalue weighted by molar-refractivity contribution is 5.65. The lowest BCUT2D eigenvalue weighted by molar-refractivity contribution is -0.238. The van der Waals surface area contributed by atoms with Crippen molar-refractivity contribution in [2.75, 3.05) is 19.7 Å². The van der Waals surface area contributed by atoms with Gasteiger partial charge >= 0.3 is 0 Å². The lowest BCUT2D eigenvalue weighted by atomic mass is 9.33. The van der Waals surface area contributed by atoms with Crippen molar-refractivity contribution in [2.24, 2.45) is 28.1 Å². The van der Waals surface area contributed by atoms with Crippen LogP contribution in [0.2, 0.25) is 0 Å². The molecule has 2 aromatic carbocycles. The topological polar surface area (TPSA) is 62.2 Å². The molecule has 41 heavy (non-hydrogen) atoms. The molecule has 0 radical (unpaired) electrons. The van der Waals surface area contributed by atoms with Crippen molar-refractivity contribution in [1.29, 1.82) is 0 Å². The summed E-state index contributed by atoms with van der Waals surface area (Å²) in [4.78, 5) is 2.80. The molecule has 2 N–H and O–H groups in total. The summed E-state index contributed by atoms with van der Waals surface area (Å²) in [6, 6.07) is 15.1. The Labute approximate surface area is 244 Å². The molecule has 7 atom stereocenters. The number of hydrogen-bond donors (Lipinski definition) is 2. The van der Waals surface area contributed by atoms with E-state index in [0.29, 0.717) is 12.6 Å². The van der Waals surface area contributed by atoms with Gasteiger partial charge in [-0.05, 0) is 74.1 Å². The van der Waals surface area contributed by atoms with E-state index in [9.17, 15) is 10.2 Å². The van der Waals surface area contributed by atoms with Crippen molar-refractivity contribution in [3.8, 4) is 11.5 Å². The number of piperidine rings is 1. The van der Waals surface area contributed by atoms with E-state index in [1.165, 1.54) is 30.5 Å². The second-order valence-electron chi connectivity index (χ2n) is 15.4. The second kappa shape index (κ2) is 8.39. The molecule has 2 heterocycles. The van der Waals surface area contributed by atoms with Crippen molar-refractivity contribution in [1.82, 2.24) is 4.90 Å². The Morgan fingerprint density at radius 1 is 1.05 bits per heavy atom. The highest BCUT2D eigenvalue weighted by Gasteiger charge is 2.80. The molecule has 2 saturated carbocycles. The Hall–Kier alpha value is -2.34. The first-order valence-corrected chi connectivity index (χ1v) is 15.8. The fraction of sp³-hybridized carbons (Fsp3) is 0.611. The summed E-state index contributed by atoms with van der Waals surface area (Å²) in [6.45, 7) is 11.1. The van der Waals surface area contributed by atoms with Crippen LogP contribution in [0.5, 0.6) is 11.5 Å². The number of aliphatic hydroxyl groups is 2. The summed E-state index contributed by atoms with van der Waals surface area (Å²) < 4.78 is 13.7. The van der Waals surface area contributed by atoms with Crippen molar-refractivity contribution in [2.45, 2.75) is 89.6 Å². The number of aliphatic hydroxyl groups excluding tert-OH is 1. The standard InChI is InChI=1S/C36H45NO4/c1-32(2,3)33(4,39)27-19-35-15-14-34(27,22-38)31-36(35)16-17-37(20-23-10-11-23)28(35)18-25-12-13-26(30(41-31)29(25)36)40-21-24-8-6-5-7-9-24/h5-9,12-15,23,27-28,31,38-39H,10-11,16-22H2,1-4H3/t27?,28-,31+,33-,34?,35-,36+/m1/s1. The molecule has 5 aliphatic carbocycles. The highest BCUT2D eigenvalue weighted by atomic mass is 16.5. The fourth-order valence-electron chi connectivity index (χ4n) is 9.94. The third-order valence-electron chi connectivity index (χ3n) is 12.7. The zero-order chi connectivity index (χ0) is 28.4. The van der Waals surface area contributed by atoms with E-state index >= 15 is 0 Å². The molecule has 2 aromatic rings. The quantitative estimate of drug-likeness (QED) is 0.432. The summed E-state index contributed by atoms with van der Waals surface area (Å²) in [5.41, 5.74) is 1.46. The van der Waals surface area contributed by atoms with Gasteiger partial charge in [0.2, 0.25) is 0 Å². The molecule has 3 fully saturated rings. The van der Waals surface area contributed by atoms with E-state index in [2.05, 4.69) is 62.1 Å². The van der Waals surface area contributed by atoms with Gasteiger partial charge in [-0.2, -0.15) is 0 Å². The number of nitrogens with zero attached hydrogens (tertiary/aromatic N) is 1. The molecule has 9 rings (SSSR count). The average Bonchev–Trinajstić information content (AvgIpc) is 3.70. The molecule has 218 valence electrons. The number of hydrogen-bond acceptors (Lipinski definition) is 5. The number of rotatable bonds is 7. The predicted molar refractivity (Wildman–Crippen MR) is 159 cm³/mol. The van der Waals surface area contributed by atoms with Crippen LogP contribution in [0.25, 0.3) is 0 Å². The zero-order valence-electron chi connectivity index (χ0n) is 25.0. The largest absolute Gasteiger partial charge is 0.485 e. The summed E-state index contributed by atoms with van der Waals surface area (Å²) in [5.74, 6) is 2.38. The van der Waals surface area contributed by atoms with Gasteiger partial charge in [0.25, 0.3) is 0 Å². The molecule has 2 aliphatic heterocycles. The summed E-state index contributed by atoms with van der Waals surface area (Å²) in [7, 11) is 0. The van der Waals surface area contributed by atoms with Crippen LogP contribution in [0, 0.1) is 28.1 Å². The van der Waals surface area contributed by atoms with E-state index < -0.39 is 11.0 Å². The van der Waals surface area contributed by atoms with E-state index in [-0.39, 0.29) is 34.9 Å². The molecular formula is C36H45NO4. The van der Waals surface area contributed by atoms with Crippen LogP contribution >= 0.6 is 0 Å². The molecular weight excluding hydrogens is 510 g/mol. The first kappa shape index (κ1) is 26.3. The number of ether oxygens (including phenoxy) is 2. The molecule has 2 spiro atoms. The Bertz CT molecular complexity index is 1410. The smallest absolute Gasteiger partial charge is 0.165 e. The molecule has 7 aliphatic rings. The van der Waals surface area contributed by atoms with Crippen molar-refractivity contribution in [3.63, 3.8) is 0 Å². The van der Waals surface area contributed by atoms with Crippen LogP contribution < -0.4 is 9.47 Å². The van der Waals surface area contributed by atoms with Gasteiger partial charge in [-0.25, -0.2) is 0 Å². The highest BCUT2D eigenvalue weighted by Crippen LogP contribution is 2.77. The number of likely N-dealkylation sites (tertiary alicyclic amines) is 1. The third-order valence-corrected chi connectivity index (χ3v) is 12.7. The number of fused-ring (bicyclic) bond motifs is 1. The minimum atomic E-state index is -0.990. The van der Waals surface area contributed by atoms with Gasteiger partial charge in [-0.1, -0.05) is 69.3 Å². The van der Waals surface area contributed by atoms with Crippen molar-refractivity contribution in [3.05, 3.63) is 71.3 Å². The van der Waals surface area contributed by atoms with Crippen LogP contribution in [0.4, 0.5) is 0 Å². The Morgan fingerprint density at radius 3 is 2.54 bits per heavy atom. The van der Waals surface area contributed by atoms with E-state index in [1.807, 2.05) is 25.1 Å². The minimum absolute atomic E-state index is 0.0388. The molecule has 4 bridgehead atoms. The van der Waals surface area contributed by atoms with Crippen LogP contribution in [-0.4, -0.2) is 52.6 Å². The first-order valence-electron chi connectivity index (χ1n) is 15.8. The maximum atomic E-state index is 12.4. The van der Waals surface area contributed by atoms with Crippen LogP contribution in [0.15, 0.2) is 54.6 Å². The monoisotopic (exact) mass is 555 g/mol. The predicted octanol–water partition coefficient (Wildman–Crippen LogP) is 5.66. The molecule has 2 unspecified atom stereocenters. The van der Waals surface area contributed by atoms with Gasteiger partial charge in [0.05, 0.1) is 17.6 Å². The van der Waals surface area contributed by atoms with E-state index in [1.54, 1.807) is 0 Å². The van der Waals surface area contributed by atoms with E-state index in [4.69, 9.17) is 9.47 Å². The maximum Gasteiger partial charge on any atom is 0.165 e. The summed E-state index contributed by atoms with van der Waals surface area (Å²) >= 11 is 0. The molecule has 0 amide bonds. The van der Waals surface area contributed by atoms with Crippen LogP contribution in [-0.2, 0) is 18.4 Å². The van der Waals surface area contributed by atoms with Gasteiger partial charge in [-0.3, -0.25) is 4.90 Å². The van der Waals surface area contributed by atoms with Crippen molar-refractivity contribution < 1.29 is 19.7 Å². The fourth-order valence-corrected chi connectivity index (χ4v) is 9.94. The minimum Gasteiger partial charge on any atom is -0.485 e. The van der Waals surface area contributed by atoms with Crippen LogP contribution in [0.3, 0.4) is 0 Å². The zero-order valence-corrected chi connectivity index (χ0v) is 25.0. The normalized spacial score (nSPS) is 37.9. The van der Waals surface area contributed by atoms with Gasteiger partial charge in [0.15, 0.2) is 11.5 Å². The lowest BCUT2D eigenvalue weighted by Gasteiger charge is -2.73. The average molecular weight is 556 g/mol. The van der Waals surface area contributed by atoms with Gasteiger partial charge < -0.3 is 19.7 Å². The molecule has 0 aromatic heterocycles. The van der Waals surface area contributed by atoms with Gasteiger partial charge in [0, 0.05) is 34.9 Å². The second-order valence-corrected chi connectivity index (χ2v) is 15.4. The first-order chi connectivity index (χ1) is 19.6. The Balaban J connectivity index is 1.30. The van der Waals surface area contributed by atoms with Gasteiger partial charge in [0.1, 0.15) is 12.7 Å². The third kappa shape index (κ3) is 3.24. The Morgan fingerprint density at radius 2 is 1.83 bits per heavy atom. The van der Waals surface area contributed by atoms with E-state index in [0.717, 1.165) is 48.8 Å². The summed E-state index contributed by atoms with van der Waals surface area (Å²) in [6.07, 6.45) is 10.1. The number of benzene rings is 2. The Kier molecular flexibility index (Phi) is 5.38. The molecule has 5 nitrogen and oxygen atoms in total. The molecule has 5 heteroatoms. The van der Waals surface area contributed by atoms with Gasteiger partial charge in [-0.15, -0.1) is 0 Å². The maximum absolute atomic E-state index is 12.4. The SMILES string of the molecule is CC(C)(C)[C@](C)(O)C1C[C@@]23C=CC1(CO)[C@@H]1Oc4c(OCc5ccccc5)ccc5c4[C@@]12CCN(CC1CC1)[C@@H]3C5. The van der Waals surface area contributed by atoms with Crippen LogP contribution in [0.1, 0.15) is 70.1 Å². The molecule has 1 saturated heterocycles.